The van der Waals surface area contributed by atoms with Gasteiger partial charge in [0, 0.05) is 13.7 Å². The molecule has 17 heavy (non-hydrogen) atoms. The summed E-state index contributed by atoms with van der Waals surface area (Å²) in [5.74, 6) is -1.24. The summed E-state index contributed by atoms with van der Waals surface area (Å²) in [5.41, 5.74) is 0.571. The average molecular weight is 241 g/mol. The molecule has 0 bridgehead atoms. The van der Waals surface area contributed by atoms with Gasteiger partial charge in [-0.2, -0.15) is 0 Å². The van der Waals surface area contributed by atoms with Crippen molar-refractivity contribution in [2.75, 3.05) is 20.3 Å². The molecule has 0 spiro atoms. The van der Waals surface area contributed by atoms with E-state index in [1.165, 1.54) is 13.2 Å². The SMILES string of the molecule is COCC(NCCc1ccccc1F)C(=O)O. The van der Waals surface area contributed by atoms with Gasteiger partial charge >= 0.3 is 5.97 Å². The van der Waals surface area contributed by atoms with E-state index in [9.17, 15) is 9.18 Å². The van der Waals surface area contributed by atoms with E-state index < -0.39 is 12.0 Å². The van der Waals surface area contributed by atoms with E-state index in [-0.39, 0.29) is 12.4 Å². The zero-order valence-corrected chi connectivity index (χ0v) is 9.65. The molecule has 0 amide bonds. The number of carboxylic acid groups (broad SMARTS) is 1. The van der Waals surface area contributed by atoms with Crippen molar-refractivity contribution in [1.82, 2.24) is 5.32 Å². The van der Waals surface area contributed by atoms with E-state index in [0.29, 0.717) is 18.5 Å². The zero-order valence-electron chi connectivity index (χ0n) is 9.65. The topological polar surface area (TPSA) is 58.6 Å². The summed E-state index contributed by atoms with van der Waals surface area (Å²) in [6.07, 6.45) is 0.445. The highest BCUT2D eigenvalue weighted by atomic mass is 19.1. The Balaban J connectivity index is 2.41. The van der Waals surface area contributed by atoms with Gasteiger partial charge in [0.1, 0.15) is 11.9 Å². The normalized spacial score (nSPS) is 12.4. The van der Waals surface area contributed by atoms with Crippen molar-refractivity contribution in [3.8, 4) is 0 Å². The van der Waals surface area contributed by atoms with Crippen LogP contribution in [0.2, 0.25) is 0 Å². The third kappa shape index (κ3) is 4.50. The number of ether oxygens (including phenoxy) is 1. The maximum Gasteiger partial charge on any atom is 0.323 e. The first-order valence-corrected chi connectivity index (χ1v) is 5.33. The lowest BCUT2D eigenvalue weighted by Gasteiger charge is -2.13. The molecule has 1 aromatic rings. The van der Waals surface area contributed by atoms with Gasteiger partial charge in [0.05, 0.1) is 6.61 Å². The minimum absolute atomic E-state index is 0.0899. The molecule has 1 aromatic carbocycles. The summed E-state index contributed by atoms with van der Waals surface area (Å²) in [4.78, 5) is 10.8. The Labute approximate surface area is 99.4 Å². The van der Waals surface area contributed by atoms with Crippen LogP contribution in [0.5, 0.6) is 0 Å². The van der Waals surface area contributed by atoms with Crippen LogP contribution in [0.25, 0.3) is 0 Å². The standard InChI is InChI=1S/C12H16FNO3/c1-17-8-11(12(15)16)14-7-6-9-4-2-3-5-10(9)13/h2-5,11,14H,6-8H2,1H3,(H,15,16). The lowest BCUT2D eigenvalue weighted by Crippen LogP contribution is -2.41. The summed E-state index contributed by atoms with van der Waals surface area (Å²) < 4.78 is 18.0. The molecular weight excluding hydrogens is 225 g/mol. The fraction of sp³-hybridized carbons (Fsp3) is 0.417. The lowest BCUT2D eigenvalue weighted by molar-refractivity contribution is -0.140. The van der Waals surface area contributed by atoms with Crippen molar-refractivity contribution >= 4 is 5.97 Å². The Hall–Kier alpha value is -1.46. The molecule has 0 aliphatic carbocycles. The highest BCUT2D eigenvalue weighted by molar-refractivity contribution is 5.73. The van der Waals surface area contributed by atoms with Gasteiger partial charge in [-0.25, -0.2) is 4.39 Å². The van der Waals surface area contributed by atoms with Gasteiger partial charge in [-0.15, -0.1) is 0 Å². The summed E-state index contributed by atoms with van der Waals surface area (Å²) in [7, 11) is 1.44. The lowest BCUT2D eigenvalue weighted by atomic mass is 10.1. The van der Waals surface area contributed by atoms with E-state index in [1.807, 2.05) is 0 Å². The Morgan fingerprint density at radius 3 is 2.82 bits per heavy atom. The molecule has 0 radical (unpaired) electrons. The summed E-state index contributed by atoms with van der Waals surface area (Å²) in [6, 6.07) is 5.69. The molecule has 0 aliphatic heterocycles. The molecule has 2 N–H and O–H groups in total. The van der Waals surface area contributed by atoms with Crippen LogP contribution in [-0.4, -0.2) is 37.4 Å². The molecule has 0 aliphatic rings. The highest BCUT2D eigenvalue weighted by Crippen LogP contribution is 2.06. The van der Waals surface area contributed by atoms with Crippen molar-refractivity contribution in [3.05, 3.63) is 35.6 Å². The number of methoxy groups -OCH3 is 1. The molecule has 0 saturated heterocycles. The van der Waals surface area contributed by atoms with Gasteiger partial charge < -0.3 is 15.2 Å². The predicted molar refractivity (Wildman–Crippen MR) is 61.4 cm³/mol. The molecule has 1 unspecified atom stereocenters. The number of hydrogen-bond acceptors (Lipinski definition) is 3. The smallest absolute Gasteiger partial charge is 0.323 e. The van der Waals surface area contributed by atoms with Crippen LogP contribution in [0.4, 0.5) is 4.39 Å². The summed E-state index contributed by atoms with van der Waals surface area (Å²) in [6.45, 7) is 0.480. The third-order valence-electron chi connectivity index (χ3n) is 2.37. The molecule has 0 fully saturated rings. The highest BCUT2D eigenvalue weighted by Gasteiger charge is 2.15. The van der Waals surface area contributed by atoms with E-state index in [2.05, 4.69) is 5.32 Å². The molecule has 4 nitrogen and oxygen atoms in total. The Kier molecular flexibility index (Phi) is 5.59. The number of benzene rings is 1. The van der Waals surface area contributed by atoms with Crippen LogP contribution in [0.3, 0.4) is 0 Å². The molecule has 1 atom stereocenters. The van der Waals surface area contributed by atoms with Crippen molar-refractivity contribution in [1.29, 1.82) is 0 Å². The second kappa shape index (κ2) is 6.98. The van der Waals surface area contributed by atoms with Crippen LogP contribution in [0.1, 0.15) is 5.56 Å². The van der Waals surface area contributed by atoms with Gasteiger partial charge in [-0.05, 0) is 18.1 Å². The third-order valence-corrected chi connectivity index (χ3v) is 2.37. The minimum atomic E-state index is -0.972. The number of halogens is 1. The number of hydrogen-bond donors (Lipinski definition) is 2. The number of carboxylic acids is 1. The van der Waals surface area contributed by atoms with Crippen molar-refractivity contribution in [3.63, 3.8) is 0 Å². The molecular formula is C12H16FNO3. The summed E-state index contributed by atoms with van der Waals surface area (Å²) in [5, 5.41) is 11.6. The number of nitrogens with one attached hydrogen (secondary N) is 1. The average Bonchev–Trinajstić information content (AvgIpc) is 2.30. The number of carbonyl (C=O) groups is 1. The quantitative estimate of drug-likeness (QED) is 0.749. The van der Waals surface area contributed by atoms with Gasteiger partial charge in [-0.3, -0.25) is 4.79 Å². The Morgan fingerprint density at radius 1 is 1.53 bits per heavy atom. The molecule has 1 rings (SSSR count). The van der Waals surface area contributed by atoms with Crippen molar-refractivity contribution < 1.29 is 19.0 Å². The predicted octanol–water partition coefficient (Wildman–Crippen LogP) is 1.06. The largest absolute Gasteiger partial charge is 0.480 e. The van der Waals surface area contributed by atoms with E-state index in [0.717, 1.165) is 0 Å². The number of aliphatic carboxylic acids is 1. The van der Waals surface area contributed by atoms with Gasteiger partial charge in [0.15, 0.2) is 0 Å². The molecule has 0 heterocycles. The maximum absolute atomic E-state index is 13.3. The van der Waals surface area contributed by atoms with Gasteiger partial charge in [0.2, 0.25) is 0 Å². The first kappa shape index (κ1) is 13.6. The second-order valence-electron chi connectivity index (χ2n) is 3.64. The monoisotopic (exact) mass is 241 g/mol. The molecule has 0 aromatic heterocycles. The van der Waals surface area contributed by atoms with Crippen LogP contribution in [0, 0.1) is 5.82 Å². The van der Waals surface area contributed by atoms with Crippen molar-refractivity contribution in [2.45, 2.75) is 12.5 Å². The number of rotatable bonds is 7. The molecule has 94 valence electrons. The fourth-order valence-electron chi connectivity index (χ4n) is 1.47. The minimum Gasteiger partial charge on any atom is -0.480 e. The van der Waals surface area contributed by atoms with E-state index >= 15 is 0 Å². The Bertz CT molecular complexity index is 371. The van der Waals surface area contributed by atoms with Crippen LogP contribution >= 0.6 is 0 Å². The first-order valence-electron chi connectivity index (χ1n) is 5.33. The molecule has 0 saturated carbocycles. The Morgan fingerprint density at radius 2 is 2.24 bits per heavy atom. The fourth-order valence-corrected chi connectivity index (χ4v) is 1.47. The van der Waals surface area contributed by atoms with Crippen LogP contribution in [0.15, 0.2) is 24.3 Å². The van der Waals surface area contributed by atoms with Crippen LogP contribution in [-0.2, 0) is 16.0 Å². The summed E-state index contributed by atoms with van der Waals surface area (Å²) >= 11 is 0. The zero-order chi connectivity index (χ0) is 12.7. The van der Waals surface area contributed by atoms with Gasteiger partial charge in [0.25, 0.3) is 0 Å². The van der Waals surface area contributed by atoms with E-state index in [1.54, 1.807) is 18.2 Å². The second-order valence-corrected chi connectivity index (χ2v) is 3.64. The first-order chi connectivity index (χ1) is 8.15. The van der Waals surface area contributed by atoms with Crippen molar-refractivity contribution in [2.24, 2.45) is 0 Å². The van der Waals surface area contributed by atoms with Crippen LogP contribution < -0.4 is 5.32 Å². The van der Waals surface area contributed by atoms with Gasteiger partial charge in [-0.1, -0.05) is 18.2 Å². The molecule has 5 heteroatoms. The van der Waals surface area contributed by atoms with E-state index in [4.69, 9.17) is 9.84 Å². The maximum atomic E-state index is 13.3.